The van der Waals surface area contributed by atoms with Crippen molar-refractivity contribution in [2.75, 3.05) is 0 Å². The van der Waals surface area contributed by atoms with Gasteiger partial charge in [0, 0.05) is 61.4 Å². The number of pyridine rings is 1. The van der Waals surface area contributed by atoms with E-state index in [0.717, 1.165) is 36.5 Å². The Morgan fingerprint density at radius 2 is 1.46 bits per heavy atom. The van der Waals surface area contributed by atoms with Crippen LogP contribution < -0.4 is 4.74 Å². The van der Waals surface area contributed by atoms with E-state index in [0.29, 0.717) is 11.6 Å². The van der Waals surface area contributed by atoms with E-state index < -0.39 is 0 Å². The molecule has 4 aromatic rings. The molecule has 41 heavy (non-hydrogen) atoms. The van der Waals surface area contributed by atoms with Crippen molar-refractivity contribution in [3.05, 3.63) is 90.3 Å². The van der Waals surface area contributed by atoms with Gasteiger partial charge in [0.2, 0.25) is 5.88 Å². The number of aliphatic hydroxyl groups is 1. The van der Waals surface area contributed by atoms with Crippen LogP contribution in [-0.4, -0.2) is 15.9 Å². The van der Waals surface area contributed by atoms with Crippen LogP contribution in [0.4, 0.5) is 0 Å². The molecule has 1 heterocycles. The zero-order valence-electron chi connectivity index (χ0n) is 25.5. The predicted octanol–water partition coefficient (Wildman–Crippen LogP) is 10.1. The van der Waals surface area contributed by atoms with Gasteiger partial charge in [-0.1, -0.05) is 72.7 Å². The van der Waals surface area contributed by atoms with Crippen LogP contribution in [0.3, 0.4) is 0 Å². The molecular weight excluding hydrogens is 687 g/mol. The molecule has 1 N–H and O–H groups in total. The van der Waals surface area contributed by atoms with Crippen molar-refractivity contribution in [3.63, 3.8) is 0 Å². The Kier molecular flexibility index (Phi) is 13.2. The number of allylic oxidation sites excluding steroid dienone is 2. The van der Waals surface area contributed by atoms with Crippen LogP contribution in [0.1, 0.15) is 79.7 Å². The van der Waals surface area contributed by atoms with Gasteiger partial charge in [-0.3, -0.25) is 4.79 Å². The summed E-state index contributed by atoms with van der Waals surface area (Å²) in [4.78, 5) is 16.2. The fraction of sp³-hybridized carbons (Fsp3) is 0.389. The maximum Gasteiger partial charge on any atom is 0.217 e. The van der Waals surface area contributed by atoms with Gasteiger partial charge in [0.05, 0.1) is 5.76 Å². The summed E-state index contributed by atoms with van der Waals surface area (Å²) in [6.45, 7) is 14.6. The molecular formula is C36H44IrNO3-. The molecule has 0 aliphatic heterocycles. The quantitative estimate of drug-likeness (QED) is 0.0806. The molecule has 4 nitrogen and oxygen atoms in total. The largest absolute Gasteiger partial charge is 0.512 e. The number of aliphatic hydroxyl groups excluding tert-OH is 1. The number of fused-ring (bicyclic) bond motifs is 2. The summed E-state index contributed by atoms with van der Waals surface area (Å²) in [5.41, 5.74) is 1.29. The maximum absolute atomic E-state index is 11.7. The van der Waals surface area contributed by atoms with Gasteiger partial charge in [0.25, 0.3) is 0 Å². The molecule has 0 amide bonds. The van der Waals surface area contributed by atoms with Gasteiger partial charge in [0.1, 0.15) is 0 Å². The second-order valence-corrected chi connectivity index (χ2v) is 11.4. The third-order valence-electron chi connectivity index (χ3n) is 7.50. The van der Waals surface area contributed by atoms with E-state index in [-0.39, 0.29) is 48.9 Å². The van der Waals surface area contributed by atoms with Gasteiger partial charge in [-0.15, -0.1) is 17.7 Å². The number of ether oxygens (including phenoxy) is 1. The smallest absolute Gasteiger partial charge is 0.217 e. The van der Waals surface area contributed by atoms with Crippen molar-refractivity contribution in [1.82, 2.24) is 4.98 Å². The molecule has 0 spiro atoms. The third kappa shape index (κ3) is 9.51. The number of rotatable bonds is 9. The second kappa shape index (κ2) is 15.8. The number of nitrogens with zero attached hydrogens (tertiary/aromatic N) is 1. The van der Waals surface area contributed by atoms with Crippen LogP contribution in [0.2, 0.25) is 0 Å². The van der Waals surface area contributed by atoms with Crippen LogP contribution in [0.5, 0.6) is 11.6 Å². The Morgan fingerprint density at radius 1 is 0.878 bits per heavy atom. The minimum Gasteiger partial charge on any atom is -0.512 e. The van der Waals surface area contributed by atoms with Gasteiger partial charge < -0.3 is 9.84 Å². The fourth-order valence-corrected chi connectivity index (χ4v) is 4.73. The van der Waals surface area contributed by atoms with E-state index in [9.17, 15) is 9.90 Å². The number of benzene rings is 3. The van der Waals surface area contributed by atoms with Crippen LogP contribution in [0.15, 0.2) is 78.7 Å². The van der Waals surface area contributed by atoms with E-state index in [4.69, 9.17) is 4.74 Å². The molecule has 1 radical (unpaired) electrons. The second-order valence-electron chi connectivity index (χ2n) is 11.4. The molecule has 0 saturated heterocycles. The zero-order valence-corrected chi connectivity index (χ0v) is 27.9. The first-order valence-corrected chi connectivity index (χ1v) is 14.5. The van der Waals surface area contributed by atoms with E-state index in [1.807, 2.05) is 52.1 Å². The summed E-state index contributed by atoms with van der Waals surface area (Å²) in [7, 11) is 0. The monoisotopic (exact) mass is 731 g/mol. The van der Waals surface area contributed by atoms with Crippen molar-refractivity contribution < 1.29 is 34.7 Å². The SMILES string of the molecule is CC(C)(C)c1cc[c-]c(Oc2cc3cc4ccccc4cc3cn2)c1.CCC(CC)C(=O)/C=C(\O)C(CC)CC.[Ir]. The Labute approximate surface area is 259 Å². The van der Waals surface area contributed by atoms with Crippen LogP contribution in [-0.2, 0) is 30.3 Å². The van der Waals surface area contributed by atoms with E-state index in [1.54, 1.807) is 0 Å². The summed E-state index contributed by atoms with van der Waals surface area (Å²) in [6, 6.07) is 23.8. The van der Waals surface area contributed by atoms with Gasteiger partial charge in [-0.25, -0.2) is 4.98 Å². The Morgan fingerprint density at radius 3 is 2.02 bits per heavy atom. The molecule has 0 atom stereocenters. The van der Waals surface area contributed by atoms with Crippen molar-refractivity contribution in [3.8, 4) is 11.6 Å². The van der Waals surface area contributed by atoms with Gasteiger partial charge in [-0.2, -0.15) is 12.1 Å². The molecule has 0 fully saturated rings. The molecule has 5 heteroatoms. The minimum absolute atomic E-state index is 0. The van der Waals surface area contributed by atoms with E-state index >= 15 is 0 Å². The van der Waals surface area contributed by atoms with E-state index in [1.165, 1.54) is 22.4 Å². The van der Waals surface area contributed by atoms with Crippen molar-refractivity contribution in [1.29, 1.82) is 0 Å². The number of hydrogen-bond donors (Lipinski definition) is 1. The fourth-order valence-electron chi connectivity index (χ4n) is 4.73. The third-order valence-corrected chi connectivity index (χ3v) is 7.50. The molecule has 0 aliphatic rings. The summed E-state index contributed by atoms with van der Waals surface area (Å²) < 4.78 is 5.97. The van der Waals surface area contributed by atoms with Crippen LogP contribution >= 0.6 is 0 Å². The summed E-state index contributed by atoms with van der Waals surface area (Å²) in [5.74, 6) is 1.83. The van der Waals surface area contributed by atoms with Gasteiger partial charge in [-0.05, 0) is 59.4 Å². The molecule has 4 rings (SSSR count). The Hall–Kier alpha value is -3.01. The average Bonchev–Trinajstić information content (AvgIpc) is 2.93. The molecule has 221 valence electrons. The first kappa shape index (κ1) is 34.2. The molecule has 1 aromatic heterocycles. The molecule has 0 saturated carbocycles. The van der Waals surface area contributed by atoms with Gasteiger partial charge in [0.15, 0.2) is 5.78 Å². The topological polar surface area (TPSA) is 59.4 Å². The number of carbonyl (C=O) groups is 1. The van der Waals surface area contributed by atoms with Crippen molar-refractivity contribution in [2.24, 2.45) is 11.8 Å². The number of aromatic nitrogens is 1. The zero-order chi connectivity index (χ0) is 29.3. The molecule has 0 bridgehead atoms. The van der Waals surface area contributed by atoms with Crippen LogP contribution in [0.25, 0.3) is 21.5 Å². The van der Waals surface area contributed by atoms with Crippen LogP contribution in [0, 0.1) is 17.9 Å². The van der Waals surface area contributed by atoms with Gasteiger partial charge >= 0.3 is 0 Å². The Bertz CT molecular complexity index is 1450. The Balaban J connectivity index is 0.000000320. The summed E-state index contributed by atoms with van der Waals surface area (Å²) in [5, 5.41) is 14.4. The molecule has 0 unspecified atom stereocenters. The average molecular weight is 731 g/mol. The standard InChI is InChI=1S/C23H20NO.C13H24O2.Ir/c1-23(2,3)20-9-6-10-21(14-20)25-22-13-18-11-16-7-4-5-8-17(16)12-19(18)15-24-22;1-5-10(6-2)12(14)9-13(15)11(7-3)8-4;/h4-9,11-15H,1-3H3;9-11,14H,5-8H2,1-4H3;/q-1;;/b;12-9-;. The number of hydrogen-bond acceptors (Lipinski definition) is 4. The summed E-state index contributed by atoms with van der Waals surface area (Å²) >= 11 is 0. The molecule has 3 aromatic carbocycles. The first-order valence-electron chi connectivity index (χ1n) is 14.5. The summed E-state index contributed by atoms with van der Waals surface area (Å²) in [6.07, 6.45) is 6.77. The predicted molar refractivity (Wildman–Crippen MR) is 167 cm³/mol. The molecule has 0 aliphatic carbocycles. The van der Waals surface area contributed by atoms with Crippen molar-refractivity contribution in [2.45, 2.75) is 79.6 Å². The minimum atomic E-state index is 0. The number of ketones is 1. The maximum atomic E-state index is 11.7. The number of carbonyl (C=O) groups excluding carboxylic acids is 1. The normalized spacial score (nSPS) is 11.8. The first-order chi connectivity index (χ1) is 19.1. The van der Waals surface area contributed by atoms with Crippen molar-refractivity contribution >= 4 is 27.3 Å². The van der Waals surface area contributed by atoms with E-state index in [2.05, 4.69) is 74.3 Å².